The zero-order valence-corrected chi connectivity index (χ0v) is 12.4. The van der Waals surface area contributed by atoms with E-state index >= 15 is 0 Å². The SMILES string of the molecule is CCOC(=O)C(CN(CC)CCOC)NC(C)C. The number of nitrogens with one attached hydrogen (secondary N) is 1. The van der Waals surface area contributed by atoms with E-state index < -0.39 is 0 Å². The Morgan fingerprint density at radius 3 is 2.44 bits per heavy atom. The zero-order valence-electron chi connectivity index (χ0n) is 12.4. The lowest BCUT2D eigenvalue weighted by Crippen LogP contribution is -2.49. The molecule has 1 unspecified atom stereocenters. The van der Waals surface area contributed by atoms with E-state index in [1.165, 1.54) is 0 Å². The van der Waals surface area contributed by atoms with Gasteiger partial charge in [-0.25, -0.2) is 0 Å². The number of hydrogen-bond acceptors (Lipinski definition) is 5. The minimum atomic E-state index is -0.276. The molecule has 0 aromatic carbocycles. The van der Waals surface area contributed by atoms with E-state index in [2.05, 4.69) is 17.1 Å². The second-order valence-corrected chi connectivity index (χ2v) is 4.51. The summed E-state index contributed by atoms with van der Waals surface area (Å²) in [6.45, 7) is 11.4. The molecule has 5 heteroatoms. The Kier molecular flexibility index (Phi) is 9.92. The van der Waals surface area contributed by atoms with Crippen LogP contribution in [-0.4, -0.2) is 62.9 Å². The number of hydrogen-bond donors (Lipinski definition) is 1. The molecule has 0 aliphatic rings. The van der Waals surface area contributed by atoms with Gasteiger partial charge in [-0.2, -0.15) is 0 Å². The predicted molar refractivity (Wildman–Crippen MR) is 72.7 cm³/mol. The summed E-state index contributed by atoms with van der Waals surface area (Å²) in [5.74, 6) is -0.179. The highest BCUT2D eigenvalue weighted by Gasteiger charge is 2.22. The molecule has 1 atom stereocenters. The molecule has 0 saturated carbocycles. The van der Waals surface area contributed by atoms with Crippen molar-refractivity contribution in [2.45, 2.75) is 39.8 Å². The van der Waals surface area contributed by atoms with Crippen LogP contribution in [0.3, 0.4) is 0 Å². The maximum absolute atomic E-state index is 11.9. The van der Waals surface area contributed by atoms with Crippen LogP contribution in [-0.2, 0) is 14.3 Å². The van der Waals surface area contributed by atoms with Crippen LogP contribution in [0.25, 0.3) is 0 Å². The molecule has 0 aliphatic carbocycles. The molecule has 108 valence electrons. The summed E-state index contributed by atoms with van der Waals surface area (Å²) >= 11 is 0. The molecule has 0 aliphatic heterocycles. The fourth-order valence-corrected chi connectivity index (χ4v) is 1.70. The Labute approximate surface area is 111 Å². The molecular weight excluding hydrogens is 232 g/mol. The van der Waals surface area contributed by atoms with Crippen molar-refractivity contribution in [3.8, 4) is 0 Å². The summed E-state index contributed by atoms with van der Waals surface area (Å²) in [4.78, 5) is 14.0. The van der Waals surface area contributed by atoms with Crippen molar-refractivity contribution in [2.75, 3.05) is 40.0 Å². The van der Waals surface area contributed by atoms with Crippen LogP contribution in [0.15, 0.2) is 0 Å². The quantitative estimate of drug-likeness (QED) is 0.591. The van der Waals surface area contributed by atoms with Crippen molar-refractivity contribution < 1.29 is 14.3 Å². The van der Waals surface area contributed by atoms with Gasteiger partial charge in [0.2, 0.25) is 0 Å². The number of rotatable bonds is 10. The average Bonchev–Trinajstić information content (AvgIpc) is 2.32. The van der Waals surface area contributed by atoms with Crippen LogP contribution >= 0.6 is 0 Å². The lowest BCUT2D eigenvalue weighted by molar-refractivity contribution is -0.146. The number of carbonyl (C=O) groups is 1. The van der Waals surface area contributed by atoms with Gasteiger partial charge in [0.05, 0.1) is 13.2 Å². The first-order valence-electron chi connectivity index (χ1n) is 6.69. The monoisotopic (exact) mass is 260 g/mol. The first-order chi connectivity index (χ1) is 8.54. The van der Waals surface area contributed by atoms with Gasteiger partial charge in [-0.3, -0.25) is 9.69 Å². The number of esters is 1. The fourth-order valence-electron chi connectivity index (χ4n) is 1.70. The first-order valence-corrected chi connectivity index (χ1v) is 6.69. The normalized spacial score (nSPS) is 13.1. The lowest BCUT2D eigenvalue weighted by Gasteiger charge is -2.27. The van der Waals surface area contributed by atoms with Gasteiger partial charge in [0.25, 0.3) is 0 Å². The third-order valence-electron chi connectivity index (χ3n) is 2.61. The molecule has 0 bridgehead atoms. The molecule has 18 heavy (non-hydrogen) atoms. The molecule has 0 aromatic rings. The van der Waals surface area contributed by atoms with Gasteiger partial charge in [-0.05, 0) is 13.5 Å². The van der Waals surface area contributed by atoms with E-state index in [-0.39, 0.29) is 18.1 Å². The minimum Gasteiger partial charge on any atom is -0.465 e. The van der Waals surface area contributed by atoms with Crippen molar-refractivity contribution in [3.05, 3.63) is 0 Å². The van der Waals surface area contributed by atoms with E-state index in [1.54, 1.807) is 7.11 Å². The average molecular weight is 260 g/mol. The molecule has 1 N–H and O–H groups in total. The minimum absolute atomic E-state index is 0.179. The van der Waals surface area contributed by atoms with E-state index in [4.69, 9.17) is 9.47 Å². The van der Waals surface area contributed by atoms with Crippen LogP contribution in [0.1, 0.15) is 27.7 Å². The number of likely N-dealkylation sites (N-methyl/N-ethyl adjacent to an activating group) is 1. The van der Waals surface area contributed by atoms with Crippen molar-refractivity contribution in [3.63, 3.8) is 0 Å². The molecule has 0 fully saturated rings. The van der Waals surface area contributed by atoms with Gasteiger partial charge < -0.3 is 14.8 Å². The molecule has 0 radical (unpaired) electrons. The third kappa shape index (κ3) is 7.63. The molecular formula is C13H28N2O3. The summed E-state index contributed by atoms with van der Waals surface area (Å²) in [5, 5.41) is 3.25. The van der Waals surface area contributed by atoms with Crippen LogP contribution in [0.2, 0.25) is 0 Å². The van der Waals surface area contributed by atoms with Gasteiger partial charge in [0.1, 0.15) is 6.04 Å². The van der Waals surface area contributed by atoms with Crippen LogP contribution in [0.5, 0.6) is 0 Å². The molecule has 0 aromatic heterocycles. The lowest BCUT2D eigenvalue weighted by atomic mass is 10.2. The summed E-state index contributed by atoms with van der Waals surface area (Å²) in [5.41, 5.74) is 0. The van der Waals surface area contributed by atoms with Crippen molar-refractivity contribution in [1.29, 1.82) is 0 Å². The van der Waals surface area contributed by atoms with Crippen molar-refractivity contribution >= 4 is 5.97 Å². The maximum atomic E-state index is 11.9. The Hall–Kier alpha value is -0.650. The summed E-state index contributed by atoms with van der Waals surface area (Å²) in [7, 11) is 1.68. The van der Waals surface area contributed by atoms with Gasteiger partial charge in [0, 0.05) is 26.2 Å². The van der Waals surface area contributed by atoms with Gasteiger partial charge in [-0.15, -0.1) is 0 Å². The maximum Gasteiger partial charge on any atom is 0.324 e. The molecule has 0 spiro atoms. The Balaban J connectivity index is 4.39. The standard InChI is InChI=1S/C13H28N2O3/c1-6-15(8-9-17-5)10-12(14-11(3)4)13(16)18-7-2/h11-12,14H,6-10H2,1-5H3. The second kappa shape index (κ2) is 10.3. The Morgan fingerprint density at radius 2 is 2.00 bits per heavy atom. The highest BCUT2D eigenvalue weighted by atomic mass is 16.5. The van der Waals surface area contributed by atoms with E-state index in [0.29, 0.717) is 19.8 Å². The van der Waals surface area contributed by atoms with Gasteiger partial charge in [0.15, 0.2) is 0 Å². The van der Waals surface area contributed by atoms with Gasteiger partial charge >= 0.3 is 5.97 Å². The number of carbonyl (C=O) groups excluding carboxylic acids is 1. The van der Waals surface area contributed by atoms with Gasteiger partial charge in [-0.1, -0.05) is 20.8 Å². The van der Waals surface area contributed by atoms with E-state index in [0.717, 1.165) is 13.1 Å². The fraction of sp³-hybridized carbons (Fsp3) is 0.923. The van der Waals surface area contributed by atoms with Crippen LogP contribution in [0, 0.1) is 0 Å². The largest absolute Gasteiger partial charge is 0.465 e. The zero-order chi connectivity index (χ0) is 14.0. The van der Waals surface area contributed by atoms with Crippen molar-refractivity contribution in [1.82, 2.24) is 10.2 Å². The van der Waals surface area contributed by atoms with Crippen LogP contribution < -0.4 is 5.32 Å². The van der Waals surface area contributed by atoms with Crippen molar-refractivity contribution in [2.24, 2.45) is 0 Å². The topological polar surface area (TPSA) is 50.8 Å². The second-order valence-electron chi connectivity index (χ2n) is 4.51. The predicted octanol–water partition coefficient (Wildman–Crippen LogP) is 0.884. The molecule has 5 nitrogen and oxygen atoms in total. The molecule has 0 saturated heterocycles. The van der Waals surface area contributed by atoms with E-state index in [9.17, 15) is 4.79 Å². The first kappa shape index (κ1) is 17.4. The third-order valence-corrected chi connectivity index (χ3v) is 2.61. The summed E-state index contributed by atoms with van der Waals surface area (Å²) in [6.07, 6.45) is 0. The van der Waals surface area contributed by atoms with Crippen LogP contribution in [0.4, 0.5) is 0 Å². The smallest absolute Gasteiger partial charge is 0.324 e. The highest BCUT2D eigenvalue weighted by Crippen LogP contribution is 1.98. The Morgan fingerprint density at radius 1 is 1.33 bits per heavy atom. The number of nitrogens with zero attached hydrogens (tertiary/aromatic N) is 1. The highest BCUT2D eigenvalue weighted by molar-refractivity contribution is 5.76. The molecule has 0 heterocycles. The Bertz CT molecular complexity index is 222. The van der Waals surface area contributed by atoms with E-state index in [1.807, 2.05) is 20.8 Å². The molecule has 0 rings (SSSR count). The number of ether oxygens (including phenoxy) is 2. The summed E-state index contributed by atoms with van der Waals surface area (Å²) < 4.78 is 10.2. The number of methoxy groups -OCH3 is 1. The summed E-state index contributed by atoms with van der Waals surface area (Å²) in [6, 6.07) is -0.0257. The molecule has 0 amide bonds.